The predicted molar refractivity (Wildman–Crippen MR) is 217 cm³/mol. The number of para-hydroxylation sites is 2. The van der Waals surface area contributed by atoms with Crippen LogP contribution in [0.2, 0.25) is 0 Å². The van der Waals surface area contributed by atoms with Crippen molar-refractivity contribution in [1.29, 1.82) is 0 Å². The van der Waals surface area contributed by atoms with Crippen molar-refractivity contribution < 1.29 is 0 Å². The molecule has 0 saturated heterocycles. The Morgan fingerprint density at radius 1 is 0.510 bits per heavy atom. The lowest BCUT2D eigenvalue weighted by molar-refractivity contribution is 0.661. The van der Waals surface area contributed by atoms with Gasteiger partial charge in [0.2, 0.25) is 0 Å². The Hall–Kier alpha value is -6.03. The molecule has 240 valence electrons. The Morgan fingerprint density at radius 2 is 1.22 bits per heavy atom. The Balaban J connectivity index is 1.11. The Morgan fingerprint density at radius 3 is 2.12 bits per heavy atom. The van der Waals surface area contributed by atoms with Gasteiger partial charge < -0.3 is 4.57 Å². The SMILES string of the molecule is CC1(C)c2ccccc2-c2cc3c4ccccc4n(-c4cccc(-c5cccc(-c6c7ccccc7nc7c6sc6ccccc67)c5)c4)c3cc21. The second-order valence-corrected chi connectivity index (χ2v) is 15.4. The maximum absolute atomic E-state index is 5.17. The fraction of sp³-hybridized carbons (Fsp3) is 0.0625. The zero-order valence-electron chi connectivity index (χ0n) is 28.3. The molecule has 0 unspecified atom stereocenters. The number of thiophene rings is 1. The molecule has 0 atom stereocenters. The van der Waals surface area contributed by atoms with Gasteiger partial charge in [0, 0.05) is 42.9 Å². The lowest BCUT2D eigenvalue weighted by Crippen LogP contribution is -2.14. The van der Waals surface area contributed by atoms with Crippen LogP contribution >= 0.6 is 11.3 Å². The molecule has 0 fully saturated rings. The highest BCUT2D eigenvalue weighted by Crippen LogP contribution is 2.51. The molecular weight excluding hydrogens is 637 g/mol. The van der Waals surface area contributed by atoms with E-state index in [2.05, 4.69) is 176 Å². The van der Waals surface area contributed by atoms with Gasteiger partial charge in [0.25, 0.3) is 0 Å². The van der Waals surface area contributed by atoms with Gasteiger partial charge in [0.15, 0.2) is 0 Å². The second kappa shape index (κ2) is 10.5. The minimum absolute atomic E-state index is 0.0688. The van der Waals surface area contributed by atoms with Crippen LogP contribution in [0.3, 0.4) is 0 Å². The Bertz CT molecular complexity index is 3070. The molecule has 0 N–H and O–H groups in total. The van der Waals surface area contributed by atoms with Crippen LogP contribution in [0.5, 0.6) is 0 Å². The van der Waals surface area contributed by atoms with Crippen molar-refractivity contribution in [3.05, 3.63) is 169 Å². The normalized spacial score (nSPS) is 13.5. The molecule has 0 spiro atoms. The highest BCUT2D eigenvalue weighted by Gasteiger charge is 2.36. The zero-order chi connectivity index (χ0) is 33.8. The molecule has 0 amide bonds. The van der Waals surface area contributed by atoms with Gasteiger partial charge in [-0.2, -0.15) is 0 Å². The van der Waals surface area contributed by atoms with Gasteiger partial charge in [-0.1, -0.05) is 123 Å². The van der Waals surface area contributed by atoms with Gasteiger partial charge in [-0.3, -0.25) is 0 Å². The highest BCUT2D eigenvalue weighted by atomic mass is 32.1. The zero-order valence-corrected chi connectivity index (χ0v) is 29.1. The first kappa shape index (κ1) is 28.8. The van der Waals surface area contributed by atoms with Gasteiger partial charge in [-0.25, -0.2) is 4.98 Å². The van der Waals surface area contributed by atoms with Crippen LogP contribution in [0, 0.1) is 0 Å². The van der Waals surface area contributed by atoms with Crippen molar-refractivity contribution in [1.82, 2.24) is 9.55 Å². The topological polar surface area (TPSA) is 17.8 Å². The molecule has 3 heteroatoms. The Kier molecular flexibility index (Phi) is 5.92. The summed E-state index contributed by atoms with van der Waals surface area (Å²) in [6.07, 6.45) is 0. The summed E-state index contributed by atoms with van der Waals surface area (Å²) in [4.78, 5) is 5.17. The predicted octanol–water partition coefficient (Wildman–Crippen LogP) is 13.3. The van der Waals surface area contributed by atoms with Gasteiger partial charge in [-0.05, 0) is 87.5 Å². The molecule has 0 saturated carbocycles. The van der Waals surface area contributed by atoms with Crippen LogP contribution in [0.25, 0.3) is 92.1 Å². The Labute approximate surface area is 299 Å². The number of nitrogens with zero attached hydrogens (tertiary/aromatic N) is 2. The van der Waals surface area contributed by atoms with Crippen LogP contribution in [0.4, 0.5) is 0 Å². The molecule has 1 aliphatic carbocycles. The van der Waals surface area contributed by atoms with E-state index in [9.17, 15) is 0 Å². The molecule has 2 nitrogen and oxygen atoms in total. The molecule has 1 aliphatic rings. The van der Waals surface area contributed by atoms with Crippen LogP contribution in [-0.4, -0.2) is 9.55 Å². The third-order valence-corrected chi connectivity index (χ3v) is 12.3. The lowest BCUT2D eigenvalue weighted by Gasteiger charge is -2.21. The summed E-state index contributed by atoms with van der Waals surface area (Å²) in [5, 5.41) is 4.98. The van der Waals surface area contributed by atoms with Crippen molar-refractivity contribution in [2.45, 2.75) is 19.3 Å². The first-order valence-corrected chi connectivity index (χ1v) is 18.4. The number of aromatic nitrogens is 2. The number of fused-ring (bicyclic) bond motifs is 10. The fourth-order valence-electron chi connectivity index (χ4n) is 8.74. The number of hydrogen-bond acceptors (Lipinski definition) is 2. The van der Waals surface area contributed by atoms with E-state index in [1.807, 2.05) is 11.3 Å². The van der Waals surface area contributed by atoms with Gasteiger partial charge >= 0.3 is 0 Å². The third-order valence-electron chi connectivity index (χ3n) is 11.2. The summed E-state index contributed by atoms with van der Waals surface area (Å²) in [5.74, 6) is 0. The second-order valence-electron chi connectivity index (χ2n) is 14.3. The summed E-state index contributed by atoms with van der Waals surface area (Å²) >= 11 is 1.84. The smallest absolute Gasteiger partial charge is 0.0902 e. The van der Waals surface area contributed by atoms with Crippen molar-refractivity contribution in [2.24, 2.45) is 0 Å². The molecule has 0 radical (unpaired) electrons. The summed E-state index contributed by atoms with van der Waals surface area (Å²) in [5.41, 5.74) is 16.0. The van der Waals surface area contributed by atoms with Crippen molar-refractivity contribution in [3.8, 4) is 39.1 Å². The fourth-order valence-corrected chi connectivity index (χ4v) is 9.97. The quantitative estimate of drug-likeness (QED) is 0.183. The van der Waals surface area contributed by atoms with Crippen molar-refractivity contribution in [2.75, 3.05) is 0 Å². The van der Waals surface area contributed by atoms with Crippen LogP contribution in [0.15, 0.2) is 158 Å². The summed E-state index contributed by atoms with van der Waals surface area (Å²) in [6.45, 7) is 4.73. The molecule has 0 bridgehead atoms. The average Bonchev–Trinajstić information content (AvgIpc) is 3.78. The standard InChI is InChI=1S/C48H32N2S/c1-48(2)39-21-7-3-17-33(39)37-27-38-34-18-5-9-23-42(34)50(43(38)28-40(37)48)32-16-12-14-30(26-32)29-13-11-15-31(25-29)45-35-19-4-8-22-41(35)49-46-36-20-6-10-24-44(36)51-47(45)46/h3-28H,1-2H3. The van der Waals surface area contributed by atoms with Gasteiger partial charge in [0.1, 0.15) is 0 Å². The molecule has 7 aromatic carbocycles. The number of benzene rings is 7. The molecule has 3 heterocycles. The van der Waals surface area contributed by atoms with Crippen molar-refractivity contribution in [3.63, 3.8) is 0 Å². The molecule has 11 rings (SSSR count). The first-order chi connectivity index (χ1) is 25.0. The van der Waals surface area contributed by atoms with E-state index in [1.54, 1.807) is 0 Å². The average molecular weight is 669 g/mol. The number of rotatable bonds is 3. The first-order valence-electron chi connectivity index (χ1n) is 17.6. The maximum atomic E-state index is 5.17. The van der Waals surface area contributed by atoms with E-state index in [0.717, 1.165) is 11.0 Å². The van der Waals surface area contributed by atoms with Gasteiger partial charge in [-0.15, -0.1) is 11.3 Å². The largest absolute Gasteiger partial charge is 0.309 e. The van der Waals surface area contributed by atoms with Crippen LogP contribution in [0.1, 0.15) is 25.0 Å². The van der Waals surface area contributed by atoms with E-state index in [0.29, 0.717) is 0 Å². The summed E-state index contributed by atoms with van der Waals surface area (Å²) in [6, 6.07) is 58.0. The molecule has 0 aliphatic heterocycles. The molecule has 51 heavy (non-hydrogen) atoms. The maximum Gasteiger partial charge on any atom is 0.0902 e. The minimum Gasteiger partial charge on any atom is -0.309 e. The molecule has 3 aromatic heterocycles. The third kappa shape index (κ3) is 4.07. The molecule has 10 aromatic rings. The van der Waals surface area contributed by atoms with Crippen LogP contribution < -0.4 is 0 Å². The highest BCUT2D eigenvalue weighted by molar-refractivity contribution is 7.26. The van der Waals surface area contributed by atoms with E-state index < -0.39 is 0 Å². The van der Waals surface area contributed by atoms with Crippen LogP contribution in [-0.2, 0) is 5.41 Å². The monoisotopic (exact) mass is 668 g/mol. The van der Waals surface area contributed by atoms with E-state index in [1.165, 1.54) is 92.2 Å². The van der Waals surface area contributed by atoms with Crippen molar-refractivity contribution >= 4 is 64.3 Å². The summed E-state index contributed by atoms with van der Waals surface area (Å²) in [7, 11) is 0. The van der Waals surface area contributed by atoms with Gasteiger partial charge in [0.05, 0.1) is 26.8 Å². The lowest BCUT2D eigenvalue weighted by atomic mass is 9.82. The number of hydrogen-bond donors (Lipinski definition) is 0. The number of pyridine rings is 1. The van der Waals surface area contributed by atoms with E-state index in [-0.39, 0.29) is 5.41 Å². The summed E-state index contributed by atoms with van der Waals surface area (Å²) < 4.78 is 4.97. The van der Waals surface area contributed by atoms with E-state index in [4.69, 9.17) is 4.98 Å². The van der Waals surface area contributed by atoms with E-state index >= 15 is 0 Å². The molecular formula is C48H32N2S. The minimum atomic E-state index is -0.0688.